The first-order valence-electron chi connectivity index (χ1n) is 9.52. The van der Waals surface area contributed by atoms with Gasteiger partial charge in [0, 0.05) is 25.9 Å². The first-order chi connectivity index (χ1) is 10.6. The summed E-state index contributed by atoms with van der Waals surface area (Å²) in [7, 11) is -2.45. The van der Waals surface area contributed by atoms with E-state index < -0.39 is 8.80 Å². The molecule has 0 N–H and O–H groups in total. The minimum absolute atomic E-state index is 0.691. The lowest BCUT2D eigenvalue weighted by molar-refractivity contribution is 0.0604. The van der Waals surface area contributed by atoms with E-state index in [-0.39, 0.29) is 0 Å². The molecule has 0 heterocycles. The third-order valence-corrected chi connectivity index (χ3v) is 6.75. The van der Waals surface area contributed by atoms with Gasteiger partial charge < -0.3 is 13.3 Å². The second-order valence-corrected chi connectivity index (χ2v) is 9.25. The first kappa shape index (κ1) is 22.1. The van der Waals surface area contributed by atoms with Gasteiger partial charge in [-0.25, -0.2) is 0 Å². The molecular weight excluding hydrogens is 292 g/mol. The quantitative estimate of drug-likeness (QED) is 0.263. The Labute approximate surface area is 140 Å². The van der Waals surface area contributed by atoms with Gasteiger partial charge in [-0.2, -0.15) is 0 Å². The Morgan fingerprint density at radius 3 is 1.77 bits per heavy atom. The normalized spacial score (nSPS) is 12.3. The number of hydrogen-bond donors (Lipinski definition) is 0. The lowest BCUT2D eigenvalue weighted by atomic mass is 10.1. The van der Waals surface area contributed by atoms with Crippen LogP contribution in [0.5, 0.6) is 0 Å². The van der Waals surface area contributed by atoms with Crippen LogP contribution in [0.3, 0.4) is 0 Å². The number of rotatable bonds is 16. The van der Waals surface area contributed by atoms with Crippen LogP contribution in [-0.2, 0) is 13.3 Å². The highest BCUT2D eigenvalue weighted by Crippen LogP contribution is 2.22. The van der Waals surface area contributed by atoms with Crippen molar-refractivity contribution in [2.24, 2.45) is 5.92 Å². The van der Waals surface area contributed by atoms with Crippen molar-refractivity contribution in [3.8, 4) is 0 Å². The zero-order chi connectivity index (χ0) is 16.7. The molecule has 3 nitrogen and oxygen atoms in total. The molecule has 0 aromatic rings. The topological polar surface area (TPSA) is 27.7 Å². The molecule has 0 aliphatic rings. The second-order valence-electron chi connectivity index (χ2n) is 6.51. The smallest absolute Gasteiger partial charge is 0.374 e. The fraction of sp³-hybridized carbons (Fsp3) is 1.00. The predicted octanol–water partition coefficient (Wildman–Crippen LogP) is 5.81. The van der Waals surface area contributed by atoms with Crippen molar-refractivity contribution in [3.05, 3.63) is 0 Å². The molecule has 0 spiro atoms. The van der Waals surface area contributed by atoms with Crippen molar-refractivity contribution >= 4 is 8.80 Å². The fourth-order valence-corrected chi connectivity index (χ4v) is 5.09. The Kier molecular flexibility index (Phi) is 14.7. The van der Waals surface area contributed by atoms with E-state index in [1.807, 2.05) is 6.92 Å². The minimum atomic E-state index is -2.45. The Morgan fingerprint density at radius 2 is 1.32 bits per heavy atom. The SMILES string of the molecule is CCCCO[Si](CCCCCC(C)C)(OCC)OCCCC. The molecular formula is C18H40O3Si. The molecule has 0 saturated heterocycles. The molecule has 0 radical (unpaired) electrons. The standard InChI is InChI=1S/C18H40O3Si/c1-6-9-15-20-22(19-8-3,21-16-10-7-2)17-13-11-12-14-18(4)5/h18H,6-17H2,1-5H3. The lowest BCUT2D eigenvalue weighted by Crippen LogP contribution is -2.46. The molecule has 0 amide bonds. The maximum atomic E-state index is 6.18. The first-order valence-corrected chi connectivity index (χ1v) is 11.4. The molecule has 0 atom stereocenters. The van der Waals surface area contributed by atoms with Gasteiger partial charge in [-0.05, 0) is 32.1 Å². The summed E-state index contributed by atoms with van der Waals surface area (Å²) in [5, 5.41) is 0. The van der Waals surface area contributed by atoms with Gasteiger partial charge in [-0.3, -0.25) is 0 Å². The van der Waals surface area contributed by atoms with Crippen LogP contribution in [0, 0.1) is 5.92 Å². The molecule has 22 heavy (non-hydrogen) atoms. The summed E-state index contributed by atoms with van der Waals surface area (Å²) >= 11 is 0. The molecule has 0 unspecified atom stereocenters. The fourth-order valence-electron chi connectivity index (χ4n) is 2.38. The molecule has 0 aliphatic heterocycles. The van der Waals surface area contributed by atoms with Gasteiger partial charge in [0.1, 0.15) is 0 Å². The molecule has 134 valence electrons. The predicted molar refractivity (Wildman–Crippen MR) is 97.2 cm³/mol. The summed E-state index contributed by atoms with van der Waals surface area (Å²) in [6.45, 7) is 13.3. The summed E-state index contributed by atoms with van der Waals surface area (Å²) in [5.74, 6) is 0.801. The monoisotopic (exact) mass is 332 g/mol. The van der Waals surface area contributed by atoms with Gasteiger partial charge in [0.25, 0.3) is 0 Å². The van der Waals surface area contributed by atoms with Crippen LogP contribution in [0.4, 0.5) is 0 Å². The average molecular weight is 333 g/mol. The largest absolute Gasteiger partial charge is 0.500 e. The van der Waals surface area contributed by atoms with Crippen LogP contribution in [0.2, 0.25) is 6.04 Å². The molecule has 0 aromatic carbocycles. The summed E-state index contributed by atoms with van der Waals surface area (Å²) in [6, 6.07) is 0.979. The van der Waals surface area contributed by atoms with E-state index in [4.69, 9.17) is 13.3 Å². The zero-order valence-corrected chi connectivity index (χ0v) is 16.8. The van der Waals surface area contributed by atoms with Crippen LogP contribution in [0.1, 0.15) is 86.0 Å². The molecule has 0 fully saturated rings. The minimum Gasteiger partial charge on any atom is -0.374 e. The summed E-state index contributed by atoms with van der Waals surface area (Å²) in [4.78, 5) is 0. The van der Waals surface area contributed by atoms with E-state index in [0.717, 1.165) is 57.3 Å². The van der Waals surface area contributed by atoms with E-state index in [1.54, 1.807) is 0 Å². The van der Waals surface area contributed by atoms with Crippen LogP contribution in [-0.4, -0.2) is 28.6 Å². The number of unbranched alkanes of at least 4 members (excludes halogenated alkanes) is 4. The van der Waals surface area contributed by atoms with Gasteiger partial charge in [-0.1, -0.05) is 59.8 Å². The van der Waals surface area contributed by atoms with E-state index in [2.05, 4.69) is 27.7 Å². The Hall–Kier alpha value is 0.0969. The van der Waals surface area contributed by atoms with Crippen LogP contribution < -0.4 is 0 Å². The second kappa shape index (κ2) is 14.7. The Bertz CT molecular complexity index is 224. The van der Waals surface area contributed by atoms with Crippen molar-refractivity contribution in [2.45, 2.75) is 92.0 Å². The van der Waals surface area contributed by atoms with E-state index >= 15 is 0 Å². The molecule has 0 bridgehead atoms. The van der Waals surface area contributed by atoms with Crippen molar-refractivity contribution in [3.63, 3.8) is 0 Å². The van der Waals surface area contributed by atoms with E-state index in [9.17, 15) is 0 Å². The Balaban J connectivity index is 4.35. The average Bonchev–Trinajstić information content (AvgIpc) is 2.47. The zero-order valence-electron chi connectivity index (χ0n) is 15.8. The van der Waals surface area contributed by atoms with Gasteiger partial charge >= 0.3 is 8.80 Å². The van der Waals surface area contributed by atoms with Crippen LogP contribution in [0.15, 0.2) is 0 Å². The lowest BCUT2D eigenvalue weighted by Gasteiger charge is -2.29. The van der Waals surface area contributed by atoms with Crippen molar-refractivity contribution in [1.82, 2.24) is 0 Å². The van der Waals surface area contributed by atoms with Crippen molar-refractivity contribution in [1.29, 1.82) is 0 Å². The maximum Gasteiger partial charge on any atom is 0.500 e. The highest BCUT2D eigenvalue weighted by Gasteiger charge is 2.40. The van der Waals surface area contributed by atoms with Gasteiger partial charge in [-0.15, -0.1) is 0 Å². The van der Waals surface area contributed by atoms with Gasteiger partial charge in [0.15, 0.2) is 0 Å². The summed E-state index contributed by atoms with van der Waals surface area (Å²) < 4.78 is 18.4. The van der Waals surface area contributed by atoms with Gasteiger partial charge in [0.05, 0.1) is 0 Å². The highest BCUT2D eigenvalue weighted by atomic mass is 28.4. The van der Waals surface area contributed by atoms with Crippen LogP contribution >= 0.6 is 0 Å². The van der Waals surface area contributed by atoms with Crippen LogP contribution in [0.25, 0.3) is 0 Å². The van der Waals surface area contributed by atoms with Crippen molar-refractivity contribution in [2.75, 3.05) is 19.8 Å². The molecule has 0 rings (SSSR count). The molecule has 0 aliphatic carbocycles. The van der Waals surface area contributed by atoms with E-state index in [0.29, 0.717) is 6.61 Å². The highest BCUT2D eigenvalue weighted by molar-refractivity contribution is 6.60. The van der Waals surface area contributed by atoms with Gasteiger partial charge in [0.2, 0.25) is 0 Å². The van der Waals surface area contributed by atoms with Crippen molar-refractivity contribution < 1.29 is 13.3 Å². The summed E-state index contributed by atoms with van der Waals surface area (Å²) in [5.41, 5.74) is 0. The molecule has 4 heteroatoms. The van der Waals surface area contributed by atoms with E-state index in [1.165, 1.54) is 19.3 Å². The maximum absolute atomic E-state index is 6.18. The Morgan fingerprint density at radius 1 is 0.727 bits per heavy atom. The third kappa shape index (κ3) is 11.6. The number of hydrogen-bond acceptors (Lipinski definition) is 3. The summed E-state index contributed by atoms with van der Waals surface area (Å²) in [6.07, 6.45) is 9.53. The molecule has 0 aromatic heterocycles. The molecule has 0 saturated carbocycles. The third-order valence-electron chi connectivity index (χ3n) is 3.77.